The van der Waals surface area contributed by atoms with Gasteiger partial charge in [-0.15, -0.1) is 0 Å². The van der Waals surface area contributed by atoms with Gasteiger partial charge in [-0.05, 0) is 77.0 Å². The summed E-state index contributed by atoms with van der Waals surface area (Å²) in [6, 6.07) is 19.6. The van der Waals surface area contributed by atoms with Gasteiger partial charge in [-0.3, -0.25) is 4.79 Å². The maximum absolute atomic E-state index is 12.9. The van der Waals surface area contributed by atoms with Gasteiger partial charge in [-0.2, -0.15) is 0 Å². The molecule has 3 rings (SSSR count). The van der Waals surface area contributed by atoms with E-state index in [1.54, 1.807) is 12.1 Å². The van der Waals surface area contributed by atoms with Crippen molar-refractivity contribution in [3.8, 4) is 5.75 Å². The van der Waals surface area contributed by atoms with Crippen molar-refractivity contribution in [1.82, 2.24) is 5.32 Å². The van der Waals surface area contributed by atoms with Crippen LogP contribution in [-0.2, 0) is 13.2 Å². The maximum atomic E-state index is 12.9. The number of benzene rings is 3. The zero-order chi connectivity index (χ0) is 19.2. The Morgan fingerprint density at radius 1 is 1.00 bits per heavy atom. The Balaban J connectivity index is 1.52. The lowest BCUT2D eigenvalue weighted by molar-refractivity contribution is 0.0950. The molecule has 0 fully saturated rings. The highest BCUT2D eigenvalue weighted by Crippen LogP contribution is 2.16. The molecule has 1 N–H and O–H groups in total. The molecule has 0 aliphatic carbocycles. The summed E-state index contributed by atoms with van der Waals surface area (Å²) in [6.07, 6.45) is 0. The molecular weight excluding hydrogens is 456 g/mol. The van der Waals surface area contributed by atoms with E-state index < -0.39 is 0 Å². The van der Waals surface area contributed by atoms with Crippen molar-refractivity contribution < 1.29 is 13.9 Å². The molecule has 0 spiro atoms. The molecule has 0 bridgehead atoms. The van der Waals surface area contributed by atoms with Gasteiger partial charge in [0, 0.05) is 10.1 Å². The number of halogens is 2. The number of hydrogen-bond acceptors (Lipinski definition) is 2. The normalized spacial score (nSPS) is 10.5. The van der Waals surface area contributed by atoms with Crippen LogP contribution in [-0.4, -0.2) is 5.91 Å². The smallest absolute Gasteiger partial charge is 0.252 e. The van der Waals surface area contributed by atoms with Crippen molar-refractivity contribution in [3.63, 3.8) is 0 Å². The number of carbonyl (C=O) groups is 1. The molecule has 0 unspecified atom stereocenters. The lowest BCUT2D eigenvalue weighted by Crippen LogP contribution is -2.23. The van der Waals surface area contributed by atoms with Crippen LogP contribution in [0.1, 0.15) is 27.0 Å². The minimum absolute atomic E-state index is 0.0870. The van der Waals surface area contributed by atoms with E-state index >= 15 is 0 Å². The van der Waals surface area contributed by atoms with Crippen LogP contribution in [0.15, 0.2) is 66.7 Å². The number of nitrogens with one attached hydrogen (secondary N) is 1. The van der Waals surface area contributed by atoms with Gasteiger partial charge in [0.05, 0.1) is 5.56 Å². The van der Waals surface area contributed by atoms with E-state index in [1.165, 1.54) is 12.1 Å². The second-order valence-corrected chi connectivity index (χ2v) is 7.39. The molecule has 3 aromatic rings. The minimum atomic E-state index is -0.259. The van der Waals surface area contributed by atoms with Gasteiger partial charge < -0.3 is 10.1 Å². The molecule has 0 saturated heterocycles. The standard InChI is InChI=1S/C22H19FINO2/c1-15-2-11-20(21(24)12-15)22(26)25-13-16-5-9-19(10-6-16)27-14-17-3-7-18(23)8-4-17/h2-12H,13-14H2,1H3,(H,25,26). The zero-order valence-electron chi connectivity index (χ0n) is 14.8. The summed E-state index contributed by atoms with van der Waals surface area (Å²) in [5.41, 5.74) is 3.70. The van der Waals surface area contributed by atoms with Gasteiger partial charge in [-0.1, -0.05) is 35.9 Å². The molecule has 0 aliphatic rings. The fraction of sp³-hybridized carbons (Fsp3) is 0.136. The first kappa shape index (κ1) is 19.4. The Labute approximate surface area is 171 Å². The Morgan fingerprint density at radius 2 is 1.67 bits per heavy atom. The number of ether oxygens (including phenoxy) is 1. The van der Waals surface area contributed by atoms with Gasteiger partial charge in [0.1, 0.15) is 18.2 Å². The summed E-state index contributed by atoms with van der Waals surface area (Å²) in [5.74, 6) is 0.379. The Hall–Kier alpha value is -2.41. The fourth-order valence-corrected chi connectivity index (χ4v) is 3.45. The van der Waals surface area contributed by atoms with Crippen LogP contribution in [0.2, 0.25) is 0 Å². The lowest BCUT2D eigenvalue weighted by Gasteiger charge is -2.09. The van der Waals surface area contributed by atoms with E-state index in [9.17, 15) is 9.18 Å². The van der Waals surface area contributed by atoms with Gasteiger partial charge in [-0.25, -0.2) is 4.39 Å². The van der Waals surface area contributed by atoms with Crippen molar-refractivity contribution in [2.75, 3.05) is 0 Å². The second-order valence-electron chi connectivity index (χ2n) is 6.23. The monoisotopic (exact) mass is 475 g/mol. The molecule has 1 amide bonds. The summed E-state index contributed by atoms with van der Waals surface area (Å²) in [5, 5.41) is 2.94. The average Bonchev–Trinajstić information content (AvgIpc) is 2.66. The number of carbonyl (C=O) groups excluding carboxylic acids is 1. The van der Waals surface area contributed by atoms with Crippen LogP contribution in [0.5, 0.6) is 5.75 Å². The highest BCUT2D eigenvalue weighted by atomic mass is 127. The van der Waals surface area contributed by atoms with Crippen LogP contribution in [0.3, 0.4) is 0 Å². The largest absolute Gasteiger partial charge is 0.489 e. The van der Waals surface area contributed by atoms with Crippen LogP contribution < -0.4 is 10.1 Å². The number of hydrogen-bond donors (Lipinski definition) is 1. The topological polar surface area (TPSA) is 38.3 Å². The first-order chi connectivity index (χ1) is 13.0. The average molecular weight is 475 g/mol. The van der Waals surface area contributed by atoms with E-state index in [1.807, 2.05) is 49.4 Å². The van der Waals surface area contributed by atoms with Crippen molar-refractivity contribution in [1.29, 1.82) is 0 Å². The molecule has 5 heteroatoms. The molecule has 0 saturated carbocycles. The minimum Gasteiger partial charge on any atom is -0.489 e. The van der Waals surface area contributed by atoms with Gasteiger partial charge >= 0.3 is 0 Å². The third-order valence-electron chi connectivity index (χ3n) is 4.06. The number of aryl methyl sites for hydroxylation is 1. The number of rotatable bonds is 6. The lowest BCUT2D eigenvalue weighted by atomic mass is 10.1. The van der Waals surface area contributed by atoms with Crippen LogP contribution in [0, 0.1) is 16.3 Å². The third kappa shape index (κ3) is 5.53. The molecule has 3 aromatic carbocycles. The molecule has 0 heterocycles. The molecule has 0 atom stereocenters. The second kappa shape index (κ2) is 8.99. The first-order valence-electron chi connectivity index (χ1n) is 8.52. The summed E-state index contributed by atoms with van der Waals surface area (Å²) in [7, 11) is 0. The van der Waals surface area contributed by atoms with Crippen LogP contribution in [0.25, 0.3) is 0 Å². The molecule has 0 aromatic heterocycles. The highest BCUT2D eigenvalue weighted by Gasteiger charge is 2.09. The predicted molar refractivity (Wildman–Crippen MR) is 112 cm³/mol. The van der Waals surface area contributed by atoms with Crippen LogP contribution >= 0.6 is 22.6 Å². The van der Waals surface area contributed by atoms with Gasteiger partial charge in [0.15, 0.2) is 0 Å². The molecular formula is C22H19FINO2. The molecule has 0 aliphatic heterocycles. The number of amides is 1. The SMILES string of the molecule is Cc1ccc(C(=O)NCc2ccc(OCc3ccc(F)cc3)cc2)c(I)c1. The maximum Gasteiger partial charge on any atom is 0.252 e. The summed E-state index contributed by atoms with van der Waals surface area (Å²) >= 11 is 2.18. The van der Waals surface area contributed by atoms with Crippen molar-refractivity contribution in [3.05, 3.63) is 98.4 Å². The first-order valence-corrected chi connectivity index (χ1v) is 9.60. The Bertz CT molecular complexity index is 924. The van der Waals surface area contributed by atoms with E-state index in [2.05, 4.69) is 27.9 Å². The van der Waals surface area contributed by atoms with E-state index in [0.717, 1.165) is 26.0 Å². The fourth-order valence-electron chi connectivity index (χ4n) is 2.53. The Morgan fingerprint density at radius 3 is 2.33 bits per heavy atom. The molecule has 0 radical (unpaired) electrons. The van der Waals surface area contributed by atoms with Gasteiger partial charge in [0.25, 0.3) is 5.91 Å². The molecule has 3 nitrogen and oxygen atoms in total. The predicted octanol–water partition coefficient (Wildman–Crippen LogP) is 5.25. The summed E-state index contributed by atoms with van der Waals surface area (Å²) in [4.78, 5) is 12.3. The van der Waals surface area contributed by atoms with E-state index in [0.29, 0.717) is 18.7 Å². The van der Waals surface area contributed by atoms with Crippen molar-refractivity contribution in [2.45, 2.75) is 20.1 Å². The molecule has 27 heavy (non-hydrogen) atoms. The van der Waals surface area contributed by atoms with Crippen LogP contribution in [0.4, 0.5) is 4.39 Å². The quantitative estimate of drug-likeness (QED) is 0.495. The van der Waals surface area contributed by atoms with E-state index in [4.69, 9.17) is 4.74 Å². The van der Waals surface area contributed by atoms with Crippen molar-refractivity contribution >= 4 is 28.5 Å². The van der Waals surface area contributed by atoms with Crippen molar-refractivity contribution in [2.24, 2.45) is 0 Å². The summed E-state index contributed by atoms with van der Waals surface area (Å²) < 4.78 is 19.5. The Kier molecular flexibility index (Phi) is 6.45. The van der Waals surface area contributed by atoms with Gasteiger partial charge in [0.2, 0.25) is 0 Å². The summed E-state index contributed by atoms with van der Waals surface area (Å²) in [6.45, 7) is 2.83. The third-order valence-corrected chi connectivity index (χ3v) is 4.96. The highest BCUT2D eigenvalue weighted by molar-refractivity contribution is 14.1. The van der Waals surface area contributed by atoms with E-state index in [-0.39, 0.29) is 11.7 Å². The molecule has 138 valence electrons. The zero-order valence-corrected chi connectivity index (χ0v) is 17.0.